The number of nitrogens with zero attached hydrogens (tertiary/aromatic N) is 1. The number of hydrazone groups is 1. The summed E-state index contributed by atoms with van der Waals surface area (Å²) in [4.78, 5) is 11.8. The van der Waals surface area contributed by atoms with E-state index in [2.05, 4.69) is 10.5 Å². The Kier molecular flexibility index (Phi) is 5.11. The van der Waals surface area contributed by atoms with Crippen molar-refractivity contribution in [1.29, 1.82) is 0 Å². The van der Waals surface area contributed by atoms with Crippen LogP contribution in [0.15, 0.2) is 53.6 Å². The largest absolute Gasteiger partial charge is 0.504 e. The van der Waals surface area contributed by atoms with Crippen LogP contribution in [0.2, 0.25) is 0 Å². The van der Waals surface area contributed by atoms with Gasteiger partial charge in [-0.15, -0.1) is 0 Å². The molecule has 0 saturated carbocycles. The van der Waals surface area contributed by atoms with Crippen LogP contribution in [-0.2, 0) is 4.79 Å². The molecule has 0 aliphatic heterocycles. The minimum Gasteiger partial charge on any atom is -0.504 e. The van der Waals surface area contributed by atoms with E-state index in [-0.39, 0.29) is 5.75 Å². The van der Waals surface area contributed by atoms with Gasteiger partial charge in [0.15, 0.2) is 17.6 Å². The van der Waals surface area contributed by atoms with E-state index in [0.29, 0.717) is 16.9 Å². The SMILES string of the molecule is COc1ccc(/C=N/NC(=O)C(O)c2ccccc2)cc1O. The fourth-order valence-electron chi connectivity index (χ4n) is 1.81. The fourth-order valence-corrected chi connectivity index (χ4v) is 1.81. The van der Waals surface area contributed by atoms with Crippen molar-refractivity contribution in [2.45, 2.75) is 6.10 Å². The van der Waals surface area contributed by atoms with E-state index in [9.17, 15) is 15.0 Å². The zero-order valence-electron chi connectivity index (χ0n) is 11.9. The molecule has 2 rings (SSSR count). The third-order valence-electron chi connectivity index (χ3n) is 2.95. The summed E-state index contributed by atoms with van der Waals surface area (Å²) in [5.41, 5.74) is 3.31. The summed E-state index contributed by atoms with van der Waals surface area (Å²) in [5.74, 6) is -0.317. The Labute approximate surface area is 127 Å². The number of carbonyl (C=O) groups is 1. The second kappa shape index (κ2) is 7.24. The first-order valence-corrected chi connectivity index (χ1v) is 6.54. The molecule has 0 fully saturated rings. The Morgan fingerprint density at radius 1 is 1.27 bits per heavy atom. The van der Waals surface area contributed by atoms with Gasteiger partial charge in [0, 0.05) is 0 Å². The maximum atomic E-state index is 11.8. The number of aliphatic hydroxyl groups excluding tert-OH is 1. The zero-order valence-corrected chi connectivity index (χ0v) is 11.9. The van der Waals surface area contributed by atoms with Crippen LogP contribution in [0.1, 0.15) is 17.2 Å². The summed E-state index contributed by atoms with van der Waals surface area (Å²) in [6.45, 7) is 0. The molecule has 22 heavy (non-hydrogen) atoms. The van der Waals surface area contributed by atoms with Crippen molar-refractivity contribution in [2.24, 2.45) is 5.10 Å². The molecule has 0 bridgehead atoms. The average molecular weight is 300 g/mol. The number of aliphatic hydroxyl groups is 1. The van der Waals surface area contributed by atoms with Gasteiger partial charge in [-0.05, 0) is 29.3 Å². The number of hydrogen-bond acceptors (Lipinski definition) is 5. The molecule has 3 N–H and O–H groups in total. The summed E-state index contributed by atoms with van der Waals surface area (Å²) >= 11 is 0. The highest BCUT2D eigenvalue weighted by Crippen LogP contribution is 2.25. The Bertz CT molecular complexity index is 671. The smallest absolute Gasteiger partial charge is 0.273 e. The van der Waals surface area contributed by atoms with Gasteiger partial charge in [-0.1, -0.05) is 30.3 Å². The van der Waals surface area contributed by atoms with Crippen LogP contribution < -0.4 is 10.2 Å². The molecule has 0 aromatic heterocycles. The Balaban J connectivity index is 1.97. The van der Waals surface area contributed by atoms with Crippen molar-refractivity contribution in [1.82, 2.24) is 5.43 Å². The minimum atomic E-state index is -1.29. The highest BCUT2D eigenvalue weighted by atomic mass is 16.5. The van der Waals surface area contributed by atoms with Gasteiger partial charge in [-0.2, -0.15) is 5.10 Å². The molecule has 1 unspecified atom stereocenters. The lowest BCUT2D eigenvalue weighted by atomic mass is 10.1. The van der Waals surface area contributed by atoms with E-state index in [4.69, 9.17) is 4.74 Å². The molecule has 0 saturated heterocycles. The van der Waals surface area contributed by atoms with Crippen molar-refractivity contribution in [2.75, 3.05) is 7.11 Å². The number of rotatable bonds is 5. The van der Waals surface area contributed by atoms with Crippen LogP contribution in [0.25, 0.3) is 0 Å². The van der Waals surface area contributed by atoms with E-state index in [1.165, 1.54) is 19.4 Å². The minimum absolute atomic E-state index is 0.0258. The molecule has 0 aliphatic carbocycles. The van der Waals surface area contributed by atoms with Crippen LogP contribution in [0, 0.1) is 0 Å². The first kappa shape index (κ1) is 15.5. The van der Waals surface area contributed by atoms with Crippen LogP contribution in [0.3, 0.4) is 0 Å². The number of methoxy groups -OCH3 is 1. The second-order valence-electron chi connectivity index (χ2n) is 4.48. The van der Waals surface area contributed by atoms with Crippen molar-refractivity contribution < 1.29 is 19.7 Å². The van der Waals surface area contributed by atoms with Crippen molar-refractivity contribution >= 4 is 12.1 Å². The van der Waals surface area contributed by atoms with E-state index in [1.54, 1.807) is 42.5 Å². The maximum absolute atomic E-state index is 11.8. The monoisotopic (exact) mass is 300 g/mol. The van der Waals surface area contributed by atoms with Crippen molar-refractivity contribution in [3.05, 3.63) is 59.7 Å². The Morgan fingerprint density at radius 3 is 2.64 bits per heavy atom. The van der Waals surface area contributed by atoms with Crippen LogP contribution in [0.4, 0.5) is 0 Å². The molecule has 114 valence electrons. The van der Waals surface area contributed by atoms with Crippen LogP contribution in [-0.4, -0.2) is 29.4 Å². The predicted molar refractivity (Wildman–Crippen MR) is 81.8 cm³/mol. The summed E-state index contributed by atoms with van der Waals surface area (Å²) in [7, 11) is 1.45. The molecule has 0 spiro atoms. The first-order valence-electron chi connectivity index (χ1n) is 6.54. The van der Waals surface area contributed by atoms with E-state index in [1.807, 2.05) is 0 Å². The van der Waals surface area contributed by atoms with Gasteiger partial charge in [-0.3, -0.25) is 4.79 Å². The van der Waals surface area contributed by atoms with E-state index in [0.717, 1.165) is 0 Å². The number of phenols is 1. The first-order chi connectivity index (χ1) is 10.6. The summed E-state index contributed by atoms with van der Waals surface area (Å²) in [5, 5.41) is 23.2. The standard InChI is InChI=1S/C16H16N2O4/c1-22-14-8-7-11(9-13(14)19)10-17-18-16(21)15(20)12-5-3-2-4-6-12/h2-10,15,19-20H,1H3,(H,18,21)/b17-10+. The molecular formula is C16H16N2O4. The van der Waals surface area contributed by atoms with Gasteiger partial charge in [0.05, 0.1) is 13.3 Å². The molecule has 0 heterocycles. The Morgan fingerprint density at radius 2 is 2.00 bits per heavy atom. The number of phenolic OH excluding ortho intramolecular Hbond substituents is 1. The number of ether oxygens (including phenoxy) is 1. The summed E-state index contributed by atoms with van der Waals surface area (Å²) in [6.07, 6.45) is 0.0667. The van der Waals surface area contributed by atoms with Gasteiger partial charge < -0.3 is 14.9 Å². The van der Waals surface area contributed by atoms with E-state index >= 15 is 0 Å². The molecule has 2 aromatic carbocycles. The summed E-state index contributed by atoms with van der Waals surface area (Å²) in [6, 6.07) is 13.2. The van der Waals surface area contributed by atoms with Crippen molar-refractivity contribution in [3.8, 4) is 11.5 Å². The maximum Gasteiger partial charge on any atom is 0.273 e. The molecule has 1 atom stereocenters. The third kappa shape index (κ3) is 3.83. The molecule has 2 aromatic rings. The lowest BCUT2D eigenvalue weighted by Crippen LogP contribution is -2.25. The molecule has 0 aliphatic rings. The predicted octanol–water partition coefficient (Wildman–Crippen LogP) is 1.58. The molecule has 6 heteroatoms. The number of amides is 1. The number of aromatic hydroxyl groups is 1. The van der Waals surface area contributed by atoms with Gasteiger partial charge >= 0.3 is 0 Å². The number of benzene rings is 2. The number of carbonyl (C=O) groups excluding carboxylic acids is 1. The fraction of sp³-hybridized carbons (Fsp3) is 0.125. The second-order valence-corrected chi connectivity index (χ2v) is 4.48. The lowest BCUT2D eigenvalue weighted by Gasteiger charge is -2.08. The average Bonchev–Trinajstić information content (AvgIpc) is 2.55. The highest BCUT2D eigenvalue weighted by Gasteiger charge is 2.15. The topological polar surface area (TPSA) is 91.2 Å². The van der Waals surface area contributed by atoms with E-state index < -0.39 is 12.0 Å². The number of nitrogens with one attached hydrogen (secondary N) is 1. The zero-order chi connectivity index (χ0) is 15.9. The van der Waals surface area contributed by atoms with Crippen molar-refractivity contribution in [3.63, 3.8) is 0 Å². The molecule has 6 nitrogen and oxygen atoms in total. The quantitative estimate of drug-likeness (QED) is 0.577. The van der Waals surface area contributed by atoms with Gasteiger partial charge in [0.2, 0.25) is 0 Å². The normalized spacial score (nSPS) is 12.1. The van der Waals surface area contributed by atoms with Crippen LogP contribution >= 0.6 is 0 Å². The lowest BCUT2D eigenvalue weighted by molar-refractivity contribution is -0.129. The van der Waals surface area contributed by atoms with Gasteiger partial charge in [-0.25, -0.2) is 5.43 Å². The van der Waals surface area contributed by atoms with Gasteiger partial charge in [0.1, 0.15) is 0 Å². The van der Waals surface area contributed by atoms with Crippen LogP contribution in [0.5, 0.6) is 11.5 Å². The third-order valence-corrected chi connectivity index (χ3v) is 2.95. The number of hydrogen-bond donors (Lipinski definition) is 3. The van der Waals surface area contributed by atoms with Gasteiger partial charge in [0.25, 0.3) is 5.91 Å². The highest BCUT2D eigenvalue weighted by molar-refractivity contribution is 5.85. The molecule has 0 radical (unpaired) electrons. The summed E-state index contributed by atoms with van der Waals surface area (Å²) < 4.78 is 4.93. The molecular weight excluding hydrogens is 284 g/mol. The molecule has 1 amide bonds. The Hall–Kier alpha value is -2.86.